The first kappa shape index (κ1) is 14.8. The van der Waals surface area contributed by atoms with Gasteiger partial charge in [0.15, 0.2) is 0 Å². The quantitative estimate of drug-likeness (QED) is 0.703. The predicted octanol–water partition coefficient (Wildman–Crippen LogP) is 1.65. The van der Waals surface area contributed by atoms with Gasteiger partial charge in [0.2, 0.25) is 5.91 Å². The molecule has 3 nitrogen and oxygen atoms in total. The van der Waals surface area contributed by atoms with Gasteiger partial charge in [0, 0.05) is 6.54 Å². The number of aliphatic hydroxyl groups excluding tert-OH is 1. The third-order valence-corrected chi connectivity index (χ3v) is 3.72. The van der Waals surface area contributed by atoms with Crippen molar-refractivity contribution in [1.82, 2.24) is 5.32 Å². The molecule has 0 saturated carbocycles. The third-order valence-electron chi connectivity index (χ3n) is 2.80. The number of carbonyl (C=O) groups is 1. The van der Waals surface area contributed by atoms with Crippen molar-refractivity contribution >= 4 is 17.7 Å². The molecule has 90 valence electrons. The molecule has 4 heteroatoms. The van der Waals surface area contributed by atoms with Crippen molar-refractivity contribution < 1.29 is 9.90 Å². The van der Waals surface area contributed by atoms with Crippen molar-refractivity contribution in [3.05, 3.63) is 0 Å². The molecule has 0 spiro atoms. The van der Waals surface area contributed by atoms with Gasteiger partial charge in [-0.2, -0.15) is 11.8 Å². The summed E-state index contributed by atoms with van der Waals surface area (Å²) in [6, 6.07) is 0. The normalized spacial score (nSPS) is 15.1. The molecule has 0 rings (SSSR count). The molecule has 0 aromatic heterocycles. The van der Waals surface area contributed by atoms with Gasteiger partial charge in [-0.05, 0) is 19.1 Å². The van der Waals surface area contributed by atoms with Crippen LogP contribution in [0, 0.1) is 5.92 Å². The number of rotatable bonds is 7. The topological polar surface area (TPSA) is 49.3 Å². The van der Waals surface area contributed by atoms with E-state index in [4.69, 9.17) is 0 Å². The summed E-state index contributed by atoms with van der Waals surface area (Å²) in [4.78, 5) is 11.4. The molecular formula is C11H23NO2S. The highest BCUT2D eigenvalue weighted by molar-refractivity contribution is 7.99. The number of hydrogen-bond acceptors (Lipinski definition) is 3. The van der Waals surface area contributed by atoms with Crippen molar-refractivity contribution in [2.45, 2.75) is 45.0 Å². The first-order valence-electron chi connectivity index (χ1n) is 5.55. The zero-order valence-corrected chi connectivity index (χ0v) is 10.9. The van der Waals surface area contributed by atoms with Crippen molar-refractivity contribution in [3.63, 3.8) is 0 Å². The van der Waals surface area contributed by atoms with Crippen LogP contribution in [0.4, 0.5) is 0 Å². The lowest BCUT2D eigenvalue weighted by Gasteiger charge is -2.21. The van der Waals surface area contributed by atoms with Crippen LogP contribution >= 0.6 is 11.8 Å². The van der Waals surface area contributed by atoms with E-state index in [1.54, 1.807) is 0 Å². The second kappa shape index (κ2) is 7.99. The minimum atomic E-state index is -0.419. The average molecular weight is 233 g/mol. The van der Waals surface area contributed by atoms with E-state index in [1.165, 1.54) is 11.8 Å². The van der Waals surface area contributed by atoms with Crippen molar-refractivity contribution in [2.75, 3.05) is 12.8 Å². The Kier molecular flexibility index (Phi) is 7.88. The summed E-state index contributed by atoms with van der Waals surface area (Å²) in [6.07, 6.45) is 3.39. The number of thioether (sulfide) groups is 1. The Bertz CT molecular complexity index is 183. The Hall–Kier alpha value is -0.220. The number of carbonyl (C=O) groups excluding carboxylic acids is 1. The largest absolute Gasteiger partial charge is 0.391 e. The van der Waals surface area contributed by atoms with Crippen LogP contribution in [-0.4, -0.2) is 35.2 Å². The molecule has 0 radical (unpaired) electrons. The van der Waals surface area contributed by atoms with E-state index in [1.807, 2.05) is 13.2 Å². The van der Waals surface area contributed by atoms with Crippen molar-refractivity contribution in [3.8, 4) is 0 Å². The smallest absolute Gasteiger partial charge is 0.232 e. The lowest BCUT2D eigenvalue weighted by atomic mass is 9.96. The van der Waals surface area contributed by atoms with Crippen LogP contribution in [0.5, 0.6) is 0 Å². The van der Waals surface area contributed by atoms with Crippen LogP contribution in [0.15, 0.2) is 0 Å². The SMILES string of the molecule is CCC(CC)C(O)CNC(=O)C(C)SC. The molecule has 0 aliphatic rings. The van der Waals surface area contributed by atoms with Gasteiger partial charge in [-0.3, -0.25) is 4.79 Å². The van der Waals surface area contributed by atoms with E-state index in [9.17, 15) is 9.90 Å². The number of amides is 1. The Morgan fingerprint density at radius 1 is 1.40 bits per heavy atom. The Labute approximate surface area is 97.0 Å². The lowest BCUT2D eigenvalue weighted by Crippen LogP contribution is -2.39. The molecule has 0 aliphatic heterocycles. The minimum absolute atomic E-state index is 0.00695. The van der Waals surface area contributed by atoms with Gasteiger partial charge in [0.25, 0.3) is 0 Å². The maximum Gasteiger partial charge on any atom is 0.232 e. The summed E-state index contributed by atoms with van der Waals surface area (Å²) in [5.74, 6) is 0.294. The maximum absolute atomic E-state index is 11.4. The van der Waals surface area contributed by atoms with Gasteiger partial charge in [-0.15, -0.1) is 0 Å². The van der Waals surface area contributed by atoms with Crippen LogP contribution in [0.25, 0.3) is 0 Å². The number of nitrogens with one attached hydrogen (secondary N) is 1. The molecule has 0 aromatic carbocycles. The van der Waals surface area contributed by atoms with E-state index in [0.29, 0.717) is 6.54 Å². The highest BCUT2D eigenvalue weighted by Crippen LogP contribution is 2.12. The second-order valence-electron chi connectivity index (χ2n) is 3.77. The highest BCUT2D eigenvalue weighted by atomic mass is 32.2. The van der Waals surface area contributed by atoms with Crippen LogP contribution in [0.1, 0.15) is 33.6 Å². The average Bonchev–Trinajstić information content (AvgIpc) is 2.26. The highest BCUT2D eigenvalue weighted by Gasteiger charge is 2.17. The molecule has 15 heavy (non-hydrogen) atoms. The van der Waals surface area contributed by atoms with Crippen molar-refractivity contribution in [1.29, 1.82) is 0 Å². The van der Waals surface area contributed by atoms with Gasteiger partial charge < -0.3 is 10.4 Å². The summed E-state index contributed by atoms with van der Waals surface area (Å²) >= 11 is 1.51. The van der Waals surface area contributed by atoms with E-state index < -0.39 is 6.10 Å². The molecule has 0 aromatic rings. The zero-order chi connectivity index (χ0) is 11.8. The Balaban J connectivity index is 3.88. The van der Waals surface area contributed by atoms with Crippen molar-refractivity contribution in [2.24, 2.45) is 5.92 Å². The maximum atomic E-state index is 11.4. The molecule has 2 unspecified atom stereocenters. The fraction of sp³-hybridized carbons (Fsp3) is 0.909. The molecular weight excluding hydrogens is 210 g/mol. The summed E-state index contributed by atoms with van der Waals surface area (Å²) in [7, 11) is 0. The monoisotopic (exact) mass is 233 g/mol. The van der Waals surface area contributed by atoms with E-state index >= 15 is 0 Å². The van der Waals surface area contributed by atoms with Crippen LogP contribution in [0.3, 0.4) is 0 Å². The van der Waals surface area contributed by atoms with Crippen LogP contribution in [0.2, 0.25) is 0 Å². The summed E-state index contributed by atoms with van der Waals surface area (Å²) in [5.41, 5.74) is 0. The lowest BCUT2D eigenvalue weighted by molar-refractivity contribution is -0.120. The molecule has 0 aliphatic carbocycles. The Morgan fingerprint density at radius 2 is 1.93 bits per heavy atom. The van der Waals surface area contributed by atoms with Gasteiger partial charge >= 0.3 is 0 Å². The molecule has 0 saturated heterocycles. The molecule has 0 fully saturated rings. The summed E-state index contributed by atoms with van der Waals surface area (Å²) in [6.45, 7) is 6.35. The molecule has 0 bridgehead atoms. The summed E-state index contributed by atoms with van der Waals surface area (Å²) < 4.78 is 0. The van der Waals surface area contributed by atoms with Gasteiger partial charge in [0.1, 0.15) is 0 Å². The van der Waals surface area contributed by atoms with Gasteiger partial charge in [-0.1, -0.05) is 26.7 Å². The van der Waals surface area contributed by atoms with Gasteiger partial charge in [0.05, 0.1) is 11.4 Å². The molecule has 1 amide bonds. The predicted molar refractivity (Wildman–Crippen MR) is 66.1 cm³/mol. The number of hydrogen-bond donors (Lipinski definition) is 2. The fourth-order valence-corrected chi connectivity index (χ4v) is 1.75. The van der Waals surface area contributed by atoms with E-state index in [2.05, 4.69) is 19.2 Å². The first-order chi connectivity index (χ1) is 7.06. The number of aliphatic hydroxyl groups is 1. The third kappa shape index (κ3) is 5.42. The minimum Gasteiger partial charge on any atom is -0.391 e. The van der Waals surface area contributed by atoms with Crippen LogP contribution < -0.4 is 5.32 Å². The molecule has 2 N–H and O–H groups in total. The summed E-state index contributed by atoms with van der Waals surface area (Å²) in [5, 5.41) is 12.5. The van der Waals surface area contributed by atoms with E-state index in [-0.39, 0.29) is 17.1 Å². The standard InChI is InChI=1S/C11H23NO2S/c1-5-9(6-2)10(13)7-12-11(14)8(3)15-4/h8-10,13H,5-7H2,1-4H3,(H,12,14). The molecule has 0 heterocycles. The second-order valence-corrected chi connectivity index (χ2v) is 4.95. The molecule has 2 atom stereocenters. The Morgan fingerprint density at radius 3 is 2.33 bits per heavy atom. The first-order valence-corrected chi connectivity index (χ1v) is 6.84. The van der Waals surface area contributed by atoms with Gasteiger partial charge in [-0.25, -0.2) is 0 Å². The van der Waals surface area contributed by atoms with E-state index in [0.717, 1.165) is 12.8 Å². The fourth-order valence-electron chi connectivity index (χ4n) is 1.46. The van der Waals surface area contributed by atoms with Crippen LogP contribution in [-0.2, 0) is 4.79 Å². The zero-order valence-electron chi connectivity index (χ0n) is 10.1.